The molecule has 0 aliphatic carbocycles. The Morgan fingerprint density at radius 1 is 1.15 bits per heavy atom. The van der Waals surface area contributed by atoms with Crippen molar-refractivity contribution in [3.63, 3.8) is 0 Å². The summed E-state index contributed by atoms with van der Waals surface area (Å²) in [6.07, 6.45) is 0.550. The lowest BCUT2D eigenvalue weighted by Crippen LogP contribution is -2.36. The lowest BCUT2D eigenvalue weighted by atomic mass is 10.2. The molecule has 27 heavy (non-hydrogen) atoms. The largest absolute Gasteiger partial charge is 0.336 e. The van der Waals surface area contributed by atoms with Crippen LogP contribution in [-0.4, -0.2) is 45.7 Å². The summed E-state index contributed by atoms with van der Waals surface area (Å²) in [5, 5.41) is 7.64. The summed E-state index contributed by atoms with van der Waals surface area (Å²) in [5.74, 6) is 0.0761. The monoisotopic (exact) mass is 410 g/mol. The highest BCUT2D eigenvalue weighted by Gasteiger charge is 2.16. The SMILES string of the molecule is CCCS(=O)(=O)Nc1ccc(NC(=O)NCC(c2cccs2)N(C)C)cc1. The van der Waals surface area contributed by atoms with Crippen LogP contribution in [0.5, 0.6) is 0 Å². The highest BCUT2D eigenvalue weighted by molar-refractivity contribution is 7.92. The van der Waals surface area contributed by atoms with Crippen molar-refractivity contribution < 1.29 is 13.2 Å². The molecule has 2 rings (SSSR count). The van der Waals surface area contributed by atoms with Gasteiger partial charge in [-0.25, -0.2) is 13.2 Å². The highest BCUT2D eigenvalue weighted by atomic mass is 32.2. The Kier molecular flexibility index (Phi) is 7.64. The fourth-order valence-corrected chi connectivity index (χ4v) is 4.56. The second-order valence-electron chi connectivity index (χ2n) is 6.33. The molecule has 0 saturated heterocycles. The van der Waals surface area contributed by atoms with Crippen LogP contribution in [-0.2, 0) is 10.0 Å². The quantitative estimate of drug-likeness (QED) is 0.591. The second-order valence-corrected chi connectivity index (χ2v) is 9.15. The Balaban J connectivity index is 1.88. The molecule has 9 heteroatoms. The van der Waals surface area contributed by atoms with Crippen molar-refractivity contribution in [3.8, 4) is 0 Å². The zero-order valence-electron chi connectivity index (χ0n) is 15.7. The number of likely N-dealkylation sites (N-methyl/N-ethyl adjacent to an activating group) is 1. The van der Waals surface area contributed by atoms with E-state index in [9.17, 15) is 13.2 Å². The first-order valence-corrected chi connectivity index (χ1v) is 11.2. The summed E-state index contributed by atoms with van der Waals surface area (Å²) in [6.45, 7) is 2.29. The minimum Gasteiger partial charge on any atom is -0.336 e. The van der Waals surface area contributed by atoms with Gasteiger partial charge in [0, 0.05) is 22.8 Å². The molecule has 1 heterocycles. The van der Waals surface area contributed by atoms with Crippen LogP contribution in [0.1, 0.15) is 24.3 Å². The number of rotatable bonds is 9. The molecule has 7 nitrogen and oxygen atoms in total. The van der Waals surface area contributed by atoms with Gasteiger partial charge in [0.05, 0.1) is 11.8 Å². The molecule has 0 aliphatic rings. The number of sulfonamides is 1. The van der Waals surface area contributed by atoms with Gasteiger partial charge in [-0.2, -0.15) is 0 Å². The highest BCUT2D eigenvalue weighted by Crippen LogP contribution is 2.22. The maximum Gasteiger partial charge on any atom is 0.319 e. The van der Waals surface area contributed by atoms with E-state index >= 15 is 0 Å². The van der Waals surface area contributed by atoms with E-state index in [1.165, 1.54) is 4.88 Å². The minimum absolute atomic E-state index is 0.0761. The zero-order valence-corrected chi connectivity index (χ0v) is 17.4. The van der Waals surface area contributed by atoms with Crippen LogP contribution in [0.3, 0.4) is 0 Å². The molecule has 1 aromatic carbocycles. The number of anilines is 2. The third kappa shape index (κ3) is 6.85. The number of hydrogen-bond donors (Lipinski definition) is 3. The summed E-state index contributed by atoms with van der Waals surface area (Å²) >= 11 is 1.65. The summed E-state index contributed by atoms with van der Waals surface area (Å²) in [4.78, 5) is 15.4. The molecular weight excluding hydrogens is 384 g/mol. The molecule has 1 atom stereocenters. The Morgan fingerprint density at radius 3 is 2.37 bits per heavy atom. The van der Waals surface area contributed by atoms with Crippen molar-refractivity contribution in [2.75, 3.05) is 36.4 Å². The van der Waals surface area contributed by atoms with E-state index in [1.807, 2.05) is 38.5 Å². The number of amides is 2. The first kappa shape index (κ1) is 21.2. The van der Waals surface area contributed by atoms with Gasteiger partial charge in [0.2, 0.25) is 10.0 Å². The molecule has 0 saturated carbocycles. The number of nitrogens with one attached hydrogen (secondary N) is 3. The summed E-state index contributed by atoms with van der Waals surface area (Å²) in [7, 11) is 0.627. The standard InChI is InChI=1S/C18H26N4O3S2/c1-4-12-27(24,25)21-15-9-7-14(8-10-15)20-18(23)19-13-16(22(2)3)17-6-5-11-26-17/h5-11,16,21H,4,12-13H2,1-3H3,(H2,19,20,23). The number of thiophene rings is 1. The first-order chi connectivity index (χ1) is 12.8. The van der Waals surface area contributed by atoms with Gasteiger partial charge in [-0.3, -0.25) is 4.72 Å². The average Bonchev–Trinajstić information content (AvgIpc) is 3.10. The lowest BCUT2D eigenvalue weighted by Gasteiger charge is -2.23. The summed E-state index contributed by atoms with van der Waals surface area (Å²) in [6, 6.07) is 10.4. The third-order valence-corrected chi connectivity index (χ3v) is 6.31. The molecule has 148 valence electrons. The predicted molar refractivity (Wildman–Crippen MR) is 112 cm³/mol. The maximum atomic E-state index is 12.2. The van der Waals surface area contributed by atoms with Crippen LogP contribution in [0.4, 0.5) is 16.2 Å². The molecule has 0 bridgehead atoms. The molecule has 2 aromatic rings. The van der Waals surface area contributed by atoms with Crippen LogP contribution < -0.4 is 15.4 Å². The molecular formula is C18H26N4O3S2. The molecule has 0 fully saturated rings. The minimum atomic E-state index is -3.32. The van der Waals surface area contributed by atoms with E-state index in [0.717, 1.165) is 0 Å². The number of hydrogen-bond acceptors (Lipinski definition) is 5. The third-order valence-electron chi connectivity index (χ3n) is 3.84. The maximum absolute atomic E-state index is 12.2. The molecule has 3 N–H and O–H groups in total. The molecule has 0 spiro atoms. The summed E-state index contributed by atoms with van der Waals surface area (Å²) < 4.78 is 26.0. The Bertz CT molecular complexity index is 819. The number of carbonyl (C=O) groups is 1. The zero-order chi connectivity index (χ0) is 19.9. The van der Waals surface area contributed by atoms with Gasteiger partial charge in [-0.05, 0) is 56.2 Å². The van der Waals surface area contributed by atoms with E-state index in [4.69, 9.17) is 0 Å². The fourth-order valence-electron chi connectivity index (χ4n) is 2.50. The van der Waals surface area contributed by atoms with E-state index in [0.29, 0.717) is 24.3 Å². The first-order valence-electron chi connectivity index (χ1n) is 8.66. The van der Waals surface area contributed by atoms with Crippen LogP contribution in [0.2, 0.25) is 0 Å². The van der Waals surface area contributed by atoms with Gasteiger partial charge in [-0.15, -0.1) is 11.3 Å². The van der Waals surface area contributed by atoms with E-state index in [-0.39, 0.29) is 17.8 Å². The van der Waals surface area contributed by atoms with Gasteiger partial charge in [0.1, 0.15) is 0 Å². The van der Waals surface area contributed by atoms with Gasteiger partial charge in [0.25, 0.3) is 0 Å². The Morgan fingerprint density at radius 2 is 1.81 bits per heavy atom. The molecule has 0 aliphatic heterocycles. The van der Waals surface area contributed by atoms with Crippen LogP contribution in [0.25, 0.3) is 0 Å². The Labute approximate surface area is 164 Å². The summed E-state index contributed by atoms with van der Waals surface area (Å²) in [5.41, 5.74) is 1.06. The van der Waals surface area contributed by atoms with Gasteiger partial charge >= 0.3 is 6.03 Å². The van der Waals surface area contributed by atoms with Crippen LogP contribution in [0, 0.1) is 0 Å². The van der Waals surface area contributed by atoms with Crippen molar-refractivity contribution in [1.29, 1.82) is 0 Å². The Hall–Kier alpha value is -2.10. The van der Waals surface area contributed by atoms with Crippen molar-refractivity contribution in [2.24, 2.45) is 0 Å². The molecule has 1 aromatic heterocycles. The normalized spacial score (nSPS) is 12.6. The predicted octanol–water partition coefficient (Wildman–Crippen LogP) is 3.32. The fraction of sp³-hybridized carbons (Fsp3) is 0.389. The molecule has 1 unspecified atom stereocenters. The lowest BCUT2D eigenvalue weighted by molar-refractivity contribution is 0.244. The van der Waals surface area contributed by atoms with Crippen LogP contribution in [0.15, 0.2) is 41.8 Å². The number of carbonyl (C=O) groups excluding carboxylic acids is 1. The van der Waals surface area contributed by atoms with E-state index in [2.05, 4.69) is 20.3 Å². The van der Waals surface area contributed by atoms with Gasteiger partial charge < -0.3 is 15.5 Å². The van der Waals surface area contributed by atoms with Crippen molar-refractivity contribution in [3.05, 3.63) is 46.7 Å². The van der Waals surface area contributed by atoms with Crippen molar-refractivity contribution in [1.82, 2.24) is 10.2 Å². The molecule has 0 radical (unpaired) electrons. The second kappa shape index (κ2) is 9.72. The van der Waals surface area contributed by atoms with E-state index < -0.39 is 10.0 Å². The van der Waals surface area contributed by atoms with Gasteiger partial charge in [0.15, 0.2) is 0 Å². The van der Waals surface area contributed by atoms with Crippen molar-refractivity contribution >= 4 is 38.8 Å². The number of benzene rings is 1. The molecule has 2 amide bonds. The van der Waals surface area contributed by atoms with Crippen molar-refractivity contribution in [2.45, 2.75) is 19.4 Å². The number of nitrogens with zero attached hydrogens (tertiary/aromatic N) is 1. The topological polar surface area (TPSA) is 90.5 Å². The number of urea groups is 1. The smallest absolute Gasteiger partial charge is 0.319 e. The van der Waals surface area contributed by atoms with Crippen LogP contribution >= 0.6 is 11.3 Å². The van der Waals surface area contributed by atoms with E-state index in [1.54, 1.807) is 35.6 Å². The van der Waals surface area contributed by atoms with Gasteiger partial charge in [-0.1, -0.05) is 13.0 Å². The average molecular weight is 411 g/mol.